The van der Waals surface area contributed by atoms with Crippen LogP contribution in [0.2, 0.25) is 0 Å². The average Bonchev–Trinajstić information content (AvgIpc) is 3.10. The van der Waals surface area contributed by atoms with E-state index in [1.807, 2.05) is 31.3 Å². The summed E-state index contributed by atoms with van der Waals surface area (Å²) in [4.78, 5) is 22.2. The van der Waals surface area contributed by atoms with E-state index in [-0.39, 0.29) is 11.2 Å². The quantitative estimate of drug-likeness (QED) is 0.665. The van der Waals surface area contributed by atoms with Gasteiger partial charge >= 0.3 is 0 Å². The van der Waals surface area contributed by atoms with Gasteiger partial charge in [-0.15, -0.1) is 11.8 Å². The van der Waals surface area contributed by atoms with Gasteiger partial charge in [-0.05, 0) is 36.6 Å². The Morgan fingerprint density at radius 3 is 2.54 bits per heavy atom. The van der Waals surface area contributed by atoms with E-state index >= 15 is 0 Å². The number of para-hydroxylation sites is 2. The van der Waals surface area contributed by atoms with E-state index in [4.69, 9.17) is 0 Å². The fourth-order valence-corrected chi connectivity index (χ4v) is 3.68. The number of aryl methyl sites for hydroxylation is 1. The molecule has 0 spiro atoms. The van der Waals surface area contributed by atoms with Gasteiger partial charge in [0.1, 0.15) is 5.82 Å². The molecule has 0 saturated carbocycles. The van der Waals surface area contributed by atoms with Gasteiger partial charge in [-0.2, -0.15) is 0 Å². The fourth-order valence-electron chi connectivity index (χ4n) is 2.79. The van der Waals surface area contributed by atoms with E-state index in [9.17, 15) is 4.79 Å². The smallest absolute Gasteiger partial charge is 0.232 e. The molecule has 0 aliphatic rings. The number of benzene rings is 2. The van der Waals surface area contributed by atoms with Crippen LogP contribution in [-0.4, -0.2) is 33.6 Å². The van der Waals surface area contributed by atoms with Gasteiger partial charge in [-0.1, -0.05) is 43.3 Å². The van der Waals surface area contributed by atoms with Gasteiger partial charge in [0.05, 0.1) is 22.0 Å². The summed E-state index contributed by atoms with van der Waals surface area (Å²) in [5.41, 5.74) is 4.48. The Labute approximate surface area is 159 Å². The number of nitrogens with zero attached hydrogens (tertiary/aromatic N) is 2. The molecule has 1 amide bonds. The van der Waals surface area contributed by atoms with Crippen LogP contribution in [0, 0.1) is 0 Å². The zero-order chi connectivity index (χ0) is 18.5. The number of carbonyl (C=O) groups is 1. The topological polar surface area (TPSA) is 49.0 Å². The van der Waals surface area contributed by atoms with Gasteiger partial charge in [0.15, 0.2) is 0 Å². The third kappa shape index (κ3) is 4.47. The number of aromatic nitrogens is 2. The van der Waals surface area contributed by atoms with E-state index < -0.39 is 0 Å². The zero-order valence-corrected chi connectivity index (χ0v) is 16.3. The van der Waals surface area contributed by atoms with Crippen LogP contribution in [0.25, 0.3) is 11.0 Å². The minimum Gasteiger partial charge on any atom is -0.341 e. The van der Waals surface area contributed by atoms with Crippen molar-refractivity contribution in [3.8, 4) is 0 Å². The van der Waals surface area contributed by atoms with Crippen LogP contribution in [0.4, 0.5) is 0 Å². The maximum atomic E-state index is 12.5. The Morgan fingerprint density at radius 2 is 1.85 bits per heavy atom. The Kier molecular flexibility index (Phi) is 5.99. The van der Waals surface area contributed by atoms with Crippen molar-refractivity contribution in [2.24, 2.45) is 0 Å². The number of imidazole rings is 1. The number of amides is 1. The van der Waals surface area contributed by atoms with Gasteiger partial charge < -0.3 is 9.88 Å². The SMILES string of the molecule is CCc1ccc(CN(C)C(=O)CSC(C)c2nc3ccccc3[nH]2)cc1. The fraction of sp³-hybridized carbons (Fsp3) is 0.333. The maximum absolute atomic E-state index is 12.5. The summed E-state index contributed by atoms with van der Waals surface area (Å²) >= 11 is 1.61. The molecule has 2 aromatic carbocycles. The number of carbonyl (C=O) groups excluding carboxylic acids is 1. The number of thioether (sulfide) groups is 1. The minimum absolute atomic E-state index is 0.137. The third-order valence-corrected chi connectivity index (χ3v) is 5.66. The van der Waals surface area contributed by atoms with Crippen molar-refractivity contribution in [2.75, 3.05) is 12.8 Å². The standard InChI is InChI=1S/C21H25N3OS/c1-4-16-9-11-17(12-10-16)13-24(3)20(25)14-26-15(2)21-22-18-7-5-6-8-19(18)23-21/h5-12,15H,4,13-14H2,1-3H3,(H,22,23). The highest BCUT2D eigenvalue weighted by atomic mass is 32.2. The van der Waals surface area contributed by atoms with Crippen molar-refractivity contribution in [2.45, 2.75) is 32.1 Å². The second-order valence-electron chi connectivity index (χ2n) is 6.51. The molecule has 0 aliphatic heterocycles. The molecule has 0 radical (unpaired) electrons. The first-order valence-corrected chi connectivity index (χ1v) is 9.99. The molecule has 26 heavy (non-hydrogen) atoms. The summed E-state index contributed by atoms with van der Waals surface area (Å²) in [7, 11) is 1.86. The molecule has 1 aromatic heterocycles. The largest absolute Gasteiger partial charge is 0.341 e. The first-order chi connectivity index (χ1) is 12.6. The molecular weight excluding hydrogens is 342 g/mol. The number of rotatable bonds is 7. The van der Waals surface area contributed by atoms with Crippen LogP contribution in [0.15, 0.2) is 48.5 Å². The van der Waals surface area contributed by atoms with Crippen LogP contribution in [-0.2, 0) is 17.8 Å². The molecule has 0 aliphatic carbocycles. The lowest BCUT2D eigenvalue weighted by Crippen LogP contribution is -2.28. The molecule has 1 unspecified atom stereocenters. The molecule has 5 heteroatoms. The van der Waals surface area contributed by atoms with Crippen LogP contribution < -0.4 is 0 Å². The number of hydrogen-bond acceptors (Lipinski definition) is 3. The first kappa shape index (κ1) is 18.5. The summed E-state index contributed by atoms with van der Waals surface area (Å²) < 4.78 is 0. The average molecular weight is 368 g/mol. The number of aromatic amines is 1. The summed E-state index contributed by atoms with van der Waals surface area (Å²) in [6, 6.07) is 16.5. The molecule has 3 rings (SSSR count). The number of hydrogen-bond donors (Lipinski definition) is 1. The zero-order valence-electron chi connectivity index (χ0n) is 15.5. The van der Waals surface area contributed by atoms with Gasteiger partial charge in [0.2, 0.25) is 5.91 Å². The lowest BCUT2D eigenvalue weighted by atomic mass is 10.1. The molecule has 136 valence electrons. The highest BCUT2D eigenvalue weighted by Crippen LogP contribution is 2.27. The van der Waals surface area contributed by atoms with E-state index in [1.165, 1.54) is 5.56 Å². The summed E-state index contributed by atoms with van der Waals surface area (Å²) in [6.45, 7) is 4.87. The Morgan fingerprint density at radius 1 is 1.15 bits per heavy atom. The molecule has 4 nitrogen and oxygen atoms in total. The molecule has 3 aromatic rings. The lowest BCUT2D eigenvalue weighted by molar-refractivity contribution is -0.127. The number of fused-ring (bicyclic) bond motifs is 1. The van der Waals surface area contributed by atoms with E-state index in [2.05, 4.69) is 48.1 Å². The predicted octanol–water partition coefficient (Wildman–Crippen LogP) is 4.58. The third-order valence-electron chi connectivity index (χ3n) is 4.53. The number of nitrogens with one attached hydrogen (secondary N) is 1. The predicted molar refractivity (Wildman–Crippen MR) is 109 cm³/mol. The summed E-state index contributed by atoms with van der Waals surface area (Å²) in [5, 5.41) is 0.142. The highest BCUT2D eigenvalue weighted by molar-refractivity contribution is 8.00. The van der Waals surface area contributed by atoms with Gasteiger partial charge in [-0.3, -0.25) is 4.79 Å². The second-order valence-corrected chi connectivity index (χ2v) is 7.84. The van der Waals surface area contributed by atoms with Crippen LogP contribution >= 0.6 is 11.8 Å². The molecule has 0 bridgehead atoms. The summed E-state index contributed by atoms with van der Waals surface area (Å²) in [5.74, 6) is 1.50. The van der Waals surface area contributed by atoms with Gasteiger partial charge in [0, 0.05) is 13.6 Å². The second kappa shape index (κ2) is 8.41. The lowest BCUT2D eigenvalue weighted by Gasteiger charge is -2.18. The Bertz CT molecular complexity index is 839. The molecule has 0 saturated heterocycles. The van der Waals surface area contributed by atoms with Crippen molar-refractivity contribution >= 4 is 28.7 Å². The molecule has 1 atom stereocenters. The molecule has 1 heterocycles. The van der Waals surface area contributed by atoms with E-state index in [0.29, 0.717) is 12.3 Å². The van der Waals surface area contributed by atoms with Crippen LogP contribution in [0.5, 0.6) is 0 Å². The monoisotopic (exact) mass is 367 g/mol. The molecule has 0 fully saturated rings. The molecular formula is C21H25N3OS. The normalized spacial score (nSPS) is 12.3. The highest BCUT2D eigenvalue weighted by Gasteiger charge is 2.15. The van der Waals surface area contributed by atoms with Crippen molar-refractivity contribution in [3.63, 3.8) is 0 Å². The molecule has 1 N–H and O–H groups in total. The van der Waals surface area contributed by atoms with Crippen LogP contribution in [0.1, 0.15) is 36.0 Å². The van der Waals surface area contributed by atoms with Gasteiger partial charge in [0.25, 0.3) is 0 Å². The number of H-pyrrole nitrogens is 1. The van der Waals surface area contributed by atoms with Crippen molar-refractivity contribution in [1.29, 1.82) is 0 Å². The Balaban J connectivity index is 1.53. The Hall–Kier alpha value is -2.27. The van der Waals surface area contributed by atoms with Crippen LogP contribution in [0.3, 0.4) is 0 Å². The van der Waals surface area contributed by atoms with E-state index in [0.717, 1.165) is 28.8 Å². The maximum Gasteiger partial charge on any atom is 0.232 e. The van der Waals surface area contributed by atoms with Crippen molar-refractivity contribution < 1.29 is 4.79 Å². The van der Waals surface area contributed by atoms with Gasteiger partial charge in [-0.25, -0.2) is 4.98 Å². The van der Waals surface area contributed by atoms with E-state index in [1.54, 1.807) is 16.7 Å². The summed E-state index contributed by atoms with van der Waals surface area (Å²) in [6.07, 6.45) is 1.03. The first-order valence-electron chi connectivity index (χ1n) is 8.95. The van der Waals surface area contributed by atoms with Crippen molar-refractivity contribution in [1.82, 2.24) is 14.9 Å². The van der Waals surface area contributed by atoms with Crippen molar-refractivity contribution in [3.05, 3.63) is 65.5 Å². The minimum atomic E-state index is 0.137.